The van der Waals surface area contributed by atoms with E-state index < -0.39 is 0 Å². The molecule has 2 aliphatic carbocycles. The number of hydrogen-bond acceptors (Lipinski definition) is 3. The first kappa shape index (κ1) is 24.3. The van der Waals surface area contributed by atoms with Gasteiger partial charge in [-0.05, 0) is 84.6 Å². The van der Waals surface area contributed by atoms with Crippen molar-refractivity contribution in [2.24, 2.45) is 5.41 Å². The molecule has 0 saturated carbocycles. The summed E-state index contributed by atoms with van der Waals surface area (Å²) in [5.74, 6) is 1.13. The molecule has 0 spiro atoms. The molecule has 5 heteroatoms. The number of nitrogens with one attached hydrogen (secondary N) is 2. The molecular weight excluding hydrogens is 482 g/mol. The maximum absolute atomic E-state index is 13.7. The van der Waals surface area contributed by atoms with Crippen LogP contribution in [0.25, 0.3) is 22.0 Å². The van der Waals surface area contributed by atoms with Crippen molar-refractivity contribution in [2.45, 2.75) is 44.9 Å². The highest BCUT2D eigenvalue weighted by molar-refractivity contribution is 6.30. The minimum absolute atomic E-state index is 0.106. The highest BCUT2D eigenvalue weighted by Crippen LogP contribution is 2.58. The number of ether oxygens (including phenoxy) is 1. The van der Waals surface area contributed by atoms with Gasteiger partial charge in [-0.15, -0.1) is 0 Å². The standard InChI is InChI=1S/C34H35N3O2/c38-31-15-16-34(21-24-7-3-1-4-8-24)22-28-27(13-14-30-29(28)23-35-36-30)33(34)32(31)25-9-11-26(12-10-25)39-20-19-37-17-5-2-6-18-37/h1,3-4,7-14,23H,2,5-6,15-22H2,(H,35,36)/p+1. The zero-order chi connectivity index (χ0) is 26.2. The van der Waals surface area contributed by atoms with Crippen molar-refractivity contribution in [1.29, 1.82) is 0 Å². The lowest BCUT2D eigenvalue weighted by Crippen LogP contribution is -3.13. The molecule has 1 aromatic heterocycles. The molecule has 0 amide bonds. The third kappa shape index (κ3) is 4.49. The molecule has 39 heavy (non-hydrogen) atoms. The summed E-state index contributed by atoms with van der Waals surface area (Å²) in [4.78, 5) is 15.3. The van der Waals surface area contributed by atoms with Crippen molar-refractivity contribution in [3.8, 4) is 5.75 Å². The van der Waals surface area contributed by atoms with Crippen LogP contribution in [0.1, 0.15) is 54.4 Å². The summed E-state index contributed by atoms with van der Waals surface area (Å²) in [6.07, 6.45) is 9.27. The van der Waals surface area contributed by atoms with E-state index in [1.165, 1.54) is 60.0 Å². The number of hydrogen-bond donors (Lipinski definition) is 2. The molecule has 4 aromatic rings. The zero-order valence-corrected chi connectivity index (χ0v) is 22.5. The van der Waals surface area contributed by atoms with E-state index in [0.717, 1.165) is 54.8 Å². The monoisotopic (exact) mass is 518 g/mol. The maximum atomic E-state index is 13.7. The number of carbonyl (C=O) groups is 1. The van der Waals surface area contributed by atoms with Gasteiger partial charge in [0.2, 0.25) is 0 Å². The molecule has 0 bridgehead atoms. The Hall–Kier alpha value is -3.70. The normalized spacial score (nSPS) is 21.3. The van der Waals surface area contributed by atoms with Gasteiger partial charge in [-0.25, -0.2) is 0 Å². The van der Waals surface area contributed by atoms with E-state index >= 15 is 0 Å². The number of nitrogens with zero attached hydrogens (tertiary/aromatic N) is 1. The van der Waals surface area contributed by atoms with Crippen LogP contribution in [0.15, 0.2) is 72.9 Å². The molecule has 3 aliphatic rings. The van der Waals surface area contributed by atoms with Crippen molar-refractivity contribution in [3.63, 3.8) is 0 Å². The van der Waals surface area contributed by atoms with Gasteiger partial charge in [0.25, 0.3) is 0 Å². The smallest absolute Gasteiger partial charge is 0.163 e. The summed E-state index contributed by atoms with van der Waals surface area (Å²) in [6, 6.07) is 23.3. The SMILES string of the molecule is O=C1CCC2(Cc3ccccc3)Cc3c(ccc4[nH]ncc34)C2=C1c1ccc(OCC[NH+]2CCCCC2)cc1. The Labute approximate surface area is 229 Å². The first-order valence-electron chi connectivity index (χ1n) is 14.5. The van der Waals surface area contributed by atoms with E-state index in [-0.39, 0.29) is 11.2 Å². The van der Waals surface area contributed by atoms with Crippen LogP contribution in [0.5, 0.6) is 5.75 Å². The number of piperidine rings is 1. The first-order chi connectivity index (χ1) is 19.2. The van der Waals surface area contributed by atoms with Gasteiger partial charge in [0.15, 0.2) is 5.78 Å². The number of allylic oxidation sites excluding steroid dienone is 2. The number of fused-ring (bicyclic) bond motifs is 5. The molecule has 1 atom stereocenters. The lowest BCUT2D eigenvalue weighted by molar-refractivity contribution is -0.904. The Bertz CT molecular complexity index is 1530. The minimum atomic E-state index is -0.106. The Morgan fingerprint density at radius 1 is 0.949 bits per heavy atom. The summed E-state index contributed by atoms with van der Waals surface area (Å²) in [7, 11) is 0. The van der Waals surface area contributed by atoms with Crippen LogP contribution in [-0.4, -0.2) is 42.2 Å². The van der Waals surface area contributed by atoms with Crippen LogP contribution in [-0.2, 0) is 17.6 Å². The number of carbonyl (C=O) groups excluding carboxylic acids is 1. The molecule has 1 saturated heterocycles. The third-order valence-corrected chi connectivity index (χ3v) is 9.22. The molecule has 7 rings (SSSR count). The number of aromatic amines is 1. The molecule has 2 heterocycles. The van der Waals surface area contributed by atoms with Crippen LogP contribution in [0.4, 0.5) is 0 Å². The van der Waals surface area contributed by atoms with Crippen LogP contribution in [0.3, 0.4) is 0 Å². The van der Waals surface area contributed by atoms with Crippen LogP contribution >= 0.6 is 0 Å². The van der Waals surface area contributed by atoms with Gasteiger partial charge >= 0.3 is 0 Å². The second kappa shape index (κ2) is 10.1. The second-order valence-electron chi connectivity index (χ2n) is 11.6. The van der Waals surface area contributed by atoms with Crippen molar-refractivity contribution in [3.05, 3.63) is 95.2 Å². The summed E-state index contributed by atoms with van der Waals surface area (Å²) < 4.78 is 6.13. The van der Waals surface area contributed by atoms with Crippen LogP contribution < -0.4 is 9.64 Å². The fourth-order valence-electron chi connectivity index (χ4n) is 7.31. The van der Waals surface area contributed by atoms with Gasteiger partial charge in [0.05, 0.1) is 24.8 Å². The second-order valence-corrected chi connectivity index (χ2v) is 11.6. The molecule has 1 fully saturated rings. The summed E-state index contributed by atoms with van der Waals surface area (Å²) in [6.45, 7) is 4.31. The van der Waals surface area contributed by atoms with Gasteiger partial charge in [-0.1, -0.05) is 48.5 Å². The fourth-order valence-corrected chi connectivity index (χ4v) is 7.31. The highest BCUT2D eigenvalue weighted by atomic mass is 16.5. The van der Waals surface area contributed by atoms with E-state index in [9.17, 15) is 4.79 Å². The topological polar surface area (TPSA) is 59.4 Å². The zero-order valence-electron chi connectivity index (χ0n) is 22.5. The molecule has 1 unspecified atom stereocenters. The predicted octanol–water partition coefficient (Wildman–Crippen LogP) is 5.07. The van der Waals surface area contributed by atoms with E-state index in [2.05, 4.69) is 64.8 Å². The number of H-pyrrole nitrogens is 1. The molecule has 5 nitrogen and oxygen atoms in total. The van der Waals surface area contributed by atoms with Gasteiger partial charge in [0, 0.05) is 22.8 Å². The Balaban J connectivity index is 1.25. The molecule has 3 aromatic carbocycles. The van der Waals surface area contributed by atoms with E-state index in [1.807, 2.05) is 18.3 Å². The molecule has 0 radical (unpaired) electrons. The van der Waals surface area contributed by atoms with Gasteiger partial charge in [-0.2, -0.15) is 5.10 Å². The molecule has 198 valence electrons. The first-order valence-corrected chi connectivity index (χ1v) is 14.5. The number of Topliss-reactive ketones (excluding diaryl/α,β-unsaturated/α-hetero) is 1. The Morgan fingerprint density at radius 3 is 2.59 bits per heavy atom. The molecule has 2 N–H and O–H groups in total. The van der Waals surface area contributed by atoms with Crippen LogP contribution in [0, 0.1) is 5.41 Å². The number of ketones is 1. The maximum Gasteiger partial charge on any atom is 0.163 e. The van der Waals surface area contributed by atoms with E-state index in [0.29, 0.717) is 6.42 Å². The fraction of sp³-hybridized carbons (Fsp3) is 0.353. The van der Waals surface area contributed by atoms with Crippen molar-refractivity contribution >= 4 is 27.8 Å². The average molecular weight is 519 g/mol. The van der Waals surface area contributed by atoms with Crippen molar-refractivity contribution in [2.75, 3.05) is 26.2 Å². The third-order valence-electron chi connectivity index (χ3n) is 9.22. The Morgan fingerprint density at radius 2 is 1.77 bits per heavy atom. The number of benzene rings is 3. The molecular formula is C34H36N3O2+. The largest absolute Gasteiger partial charge is 0.488 e. The summed E-state index contributed by atoms with van der Waals surface area (Å²) in [5, 5.41) is 8.65. The van der Waals surface area contributed by atoms with Gasteiger partial charge in [0.1, 0.15) is 18.9 Å². The average Bonchev–Trinajstić information content (AvgIpc) is 3.58. The Kier molecular flexibility index (Phi) is 6.32. The molecule has 1 aliphatic heterocycles. The lowest BCUT2D eigenvalue weighted by atomic mass is 9.65. The lowest BCUT2D eigenvalue weighted by Gasteiger charge is -2.37. The van der Waals surface area contributed by atoms with E-state index in [4.69, 9.17) is 4.74 Å². The van der Waals surface area contributed by atoms with Crippen molar-refractivity contribution in [1.82, 2.24) is 10.2 Å². The summed E-state index contributed by atoms with van der Waals surface area (Å²) in [5.41, 5.74) is 7.92. The van der Waals surface area contributed by atoms with Gasteiger partial charge in [-0.3, -0.25) is 9.89 Å². The highest BCUT2D eigenvalue weighted by Gasteiger charge is 2.48. The number of aromatic nitrogens is 2. The minimum Gasteiger partial charge on any atom is -0.488 e. The quantitative estimate of drug-likeness (QED) is 0.359. The number of likely N-dealkylation sites (tertiary alicyclic amines) is 1. The van der Waals surface area contributed by atoms with Crippen molar-refractivity contribution < 1.29 is 14.4 Å². The predicted molar refractivity (Wildman–Crippen MR) is 155 cm³/mol. The van der Waals surface area contributed by atoms with Crippen LogP contribution in [0.2, 0.25) is 0 Å². The number of quaternary nitrogens is 1. The summed E-state index contributed by atoms with van der Waals surface area (Å²) >= 11 is 0. The van der Waals surface area contributed by atoms with E-state index in [1.54, 1.807) is 4.90 Å². The van der Waals surface area contributed by atoms with Gasteiger partial charge < -0.3 is 9.64 Å². The number of rotatable bonds is 7.